The Labute approximate surface area is 136 Å². The normalized spacial score (nSPS) is 13.6. The summed E-state index contributed by atoms with van der Waals surface area (Å²) in [4.78, 5) is 18.4. The number of benzene rings is 1. The van der Waals surface area contributed by atoms with E-state index in [1.54, 1.807) is 6.20 Å². The fourth-order valence-electron chi connectivity index (χ4n) is 2.77. The second-order valence-electron chi connectivity index (χ2n) is 6.10. The number of pyridine rings is 1. The topological polar surface area (TPSA) is 57.3 Å². The van der Waals surface area contributed by atoms with Gasteiger partial charge >= 0.3 is 6.03 Å². The van der Waals surface area contributed by atoms with E-state index >= 15 is 0 Å². The highest BCUT2D eigenvalue weighted by Crippen LogP contribution is 2.23. The monoisotopic (exact) mass is 310 g/mol. The maximum atomic E-state index is 11.7. The Bertz CT molecular complexity index is 682. The number of amides is 2. The lowest BCUT2D eigenvalue weighted by Crippen LogP contribution is -2.34. The van der Waals surface area contributed by atoms with Gasteiger partial charge in [0.25, 0.3) is 0 Å². The Morgan fingerprint density at radius 1 is 1.17 bits per heavy atom. The van der Waals surface area contributed by atoms with Gasteiger partial charge in [0.15, 0.2) is 0 Å². The molecule has 2 amide bonds. The Hall–Kier alpha value is -2.56. The molecule has 3 rings (SSSR count). The lowest BCUT2D eigenvalue weighted by molar-refractivity contribution is 0.250. The smallest absolute Gasteiger partial charge is 0.319 e. The molecule has 0 saturated carbocycles. The van der Waals surface area contributed by atoms with Gasteiger partial charge in [0, 0.05) is 19.1 Å². The average molecular weight is 310 g/mol. The van der Waals surface area contributed by atoms with Gasteiger partial charge in [-0.25, -0.2) is 9.78 Å². The summed E-state index contributed by atoms with van der Waals surface area (Å²) in [5, 5.41) is 5.58. The van der Waals surface area contributed by atoms with Gasteiger partial charge in [0.1, 0.15) is 5.82 Å². The summed E-state index contributed by atoms with van der Waals surface area (Å²) in [5.74, 6) is 0.939. The molecule has 0 fully saturated rings. The van der Waals surface area contributed by atoms with Crippen LogP contribution in [0.4, 0.5) is 16.3 Å². The summed E-state index contributed by atoms with van der Waals surface area (Å²) in [6.45, 7) is 5.69. The first-order valence-electron chi connectivity index (χ1n) is 7.97. The van der Waals surface area contributed by atoms with Gasteiger partial charge in [-0.15, -0.1) is 0 Å². The number of carbonyl (C=O) groups excluding carboxylic acids is 1. The summed E-state index contributed by atoms with van der Waals surface area (Å²) >= 11 is 0. The Morgan fingerprint density at radius 2 is 1.96 bits per heavy atom. The molecule has 23 heavy (non-hydrogen) atoms. The number of nitrogens with zero attached hydrogens (tertiary/aromatic N) is 2. The maximum Gasteiger partial charge on any atom is 0.319 e. The maximum absolute atomic E-state index is 11.7. The second kappa shape index (κ2) is 6.69. The molecule has 0 aliphatic carbocycles. The molecule has 0 spiro atoms. The SMILES string of the molecule is CC(C)NC(=O)Nc1ccc(N2CCc3ccccc3C2)nc1. The molecule has 5 nitrogen and oxygen atoms in total. The van der Waals surface area contributed by atoms with Crippen LogP contribution < -0.4 is 15.5 Å². The second-order valence-corrected chi connectivity index (χ2v) is 6.10. The molecule has 2 aromatic rings. The number of aromatic nitrogens is 1. The summed E-state index contributed by atoms with van der Waals surface area (Å²) in [6, 6.07) is 12.3. The van der Waals surface area contributed by atoms with Crippen LogP contribution in [0.5, 0.6) is 0 Å². The van der Waals surface area contributed by atoms with Crippen LogP contribution in [-0.2, 0) is 13.0 Å². The molecule has 1 aromatic carbocycles. The van der Waals surface area contributed by atoms with Crippen molar-refractivity contribution < 1.29 is 4.79 Å². The number of carbonyl (C=O) groups is 1. The lowest BCUT2D eigenvalue weighted by Gasteiger charge is -2.29. The number of rotatable bonds is 3. The average Bonchev–Trinajstić information content (AvgIpc) is 2.54. The van der Waals surface area contributed by atoms with Gasteiger partial charge in [0.2, 0.25) is 0 Å². The first-order valence-corrected chi connectivity index (χ1v) is 7.97. The van der Waals surface area contributed by atoms with Crippen LogP contribution in [-0.4, -0.2) is 23.6 Å². The van der Waals surface area contributed by atoms with Gasteiger partial charge in [-0.1, -0.05) is 24.3 Å². The van der Waals surface area contributed by atoms with Gasteiger partial charge in [-0.2, -0.15) is 0 Å². The van der Waals surface area contributed by atoms with Crippen molar-refractivity contribution in [2.24, 2.45) is 0 Å². The minimum Gasteiger partial charge on any atom is -0.352 e. The van der Waals surface area contributed by atoms with Crippen LogP contribution in [0.25, 0.3) is 0 Å². The minimum absolute atomic E-state index is 0.107. The third-order valence-electron chi connectivity index (χ3n) is 3.88. The zero-order valence-electron chi connectivity index (χ0n) is 13.5. The van der Waals surface area contributed by atoms with E-state index in [9.17, 15) is 4.79 Å². The third-order valence-corrected chi connectivity index (χ3v) is 3.88. The number of hydrogen-bond donors (Lipinski definition) is 2. The van der Waals surface area contributed by atoms with Crippen molar-refractivity contribution in [3.8, 4) is 0 Å². The summed E-state index contributed by atoms with van der Waals surface area (Å²) in [5.41, 5.74) is 3.48. The Balaban J connectivity index is 1.65. The van der Waals surface area contributed by atoms with Crippen molar-refractivity contribution in [3.05, 3.63) is 53.7 Å². The number of urea groups is 1. The molecular formula is C18H22N4O. The number of fused-ring (bicyclic) bond motifs is 1. The molecule has 2 heterocycles. The Kier molecular flexibility index (Phi) is 4.46. The highest BCUT2D eigenvalue weighted by atomic mass is 16.2. The van der Waals surface area contributed by atoms with E-state index in [1.807, 2.05) is 26.0 Å². The van der Waals surface area contributed by atoms with E-state index in [4.69, 9.17) is 0 Å². The Morgan fingerprint density at radius 3 is 2.65 bits per heavy atom. The molecule has 1 aromatic heterocycles. The van der Waals surface area contributed by atoms with E-state index < -0.39 is 0 Å². The zero-order valence-corrected chi connectivity index (χ0v) is 13.5. The van der Waals surface area contributed by atoms with Crippen molar-refractivity contribution in [2.45, 2.75) is 32.9 Å². The van der Waals surface area contributed by atoms with Crippen LogP contribution in [0.15, 0.2) is 42.6 Å². The fourth-order valence-corrected chi connectivity index (χ4v) is 2.77. The van der Waals surface area contributed by atoms with Gasteiger partial charge < -0.3 is 15.5 Å². The number of hydrogen-bond acceptors (Lipinski definition) is 3. The minimum atomic E-state index is -0.207. The van der Waals surface area contributed by atoms with Crippen molar-refractivity contribution >= 4 is 17.5 Å². The van der Waals surface area contributed by atoms with Crippen molar-refractivity contribution in [3.63, 3.8) is 0 Å². The fraction of sp³-hybridized carbons (Fsp3) is 0.333. The van der Waals surface area contributed by atoms with Gasteiger partial charge in [0.05, 0.1) is 11.9 Å². The van der Waals surface area contributed by atoms with Crippen LogP contribution in [0.3, 0.4) is 0 Å². The highest BCUT2D eigenvalue weighted by molar-refractivity contribution is 5.89. The lowest BCUT2D eigenvalue weighted by atomic mass is 10.00. The number of nitrogens with one attached hydrogen (secondary N) is 2. The first-order chi connectivity index (χ1) is 11.1. The number of anilines is 2. The van der Waals surface area contributed by atoms with E-state index in [0.29, 0.717) is 5.69 Å². The molecule has 2 N–H and O–H groups in total. The quantitative estimate of drug-likeness (QED) is 0.915. The zero-order chi connectivity index (χ0) is 16.2. The molecule has 0 saturated heterocycles. The molecule has 0 radical (unpaired) electrons. The van der Waals surface area contributed by atoms with E-state index in [2.05, 4.69) is 44.8 Å². The summed E-state index contributed by atoms with van der Waals surface area (Å²) < 4.78 is 0. The molecular weight excluding hydrogens is 288 g/mol. The molecule has 0 bridgehead atoms. The predicted molar refractivity (Wildman–Crippen MR) is 92.7 cm³/mol. The van der Waals surface area contributed by atoms with Crippen LogP contribution in [0.1, 0.15) is 25.0 Å². The summed E-state index contributed by atoms with van der Waals surface area (Å²) in [6.07, 6.45) is 2.74. The van der Waals surface area contributed by atoms with Crippen LogP contribution >= 0.6 is 0 Å². The van der Waals surface area contributed by atoms with Crippen molar-refractivity contribution in [1.29, 1.82) is 0 Å². The van der Waals surface area contributed by atoms with E-state index in [-0.39, 0.29) is 12.1 Å². The van der Waals surface area contributed by atoms with E-state index in [0.717, 1.165) is 25.3 Å². The van der Waals surface area contributed by atoms with Crippen LogP contribution in [0.2, 0.25) is 0 Å². The molecule has 120 valence electrons. The van der Waals surface area contributed by atoms with E-state index in [1.165, 1.54) is 11.1 Å². The first kappa shape index (κ1) is 15.3. The van der Waals surface area contributed by atoms with Gasteiger partial charge in [-0.05, 0) is 43.5 Å². The molecule has 1 aliphatic rings. The van der Waals surface area contributed by atoms with Crippen molar-refractivity contribution in [2.75, 3.05) is 16.8 Å². The molecule has 0 unspecified atom stereocenters. The predicted octanol–water partition coefficient (Wildman–Crippen LogP) is 3.17. The van der Waals surface area contributed by atoms with Gasteiger partial charge in [-0.3, -0.25) is 0 Å². The molecule has 1 aliphatic heterocycles. The molecule has 0 atom stereocenters. The van der Waals surface area contributed by atoms with Crippen LogP contribution in [0, 0.1) is 0 Å². The molecule has 5 heteroatoms. The largest absolute Gasteiger partial charge is 0.352 e. The highest BCUT2D eigenvalue weighted by Gasteiger charge is 2.16. The standard InChI is InChI=1S/C18H22N4O/c1-13(2)20-18(23)21-16-7-8-17(19-11-16)22-10-9-14-5-3-4-6-15(14)12-22/h3-8,11,13H,9-10,12H2,1-2H3,(H2,20,21,23). The third kappa shape index (κ3) is 3.80. The summed E-state index contributed by atoms with van der Waals surface area (Å²) in [7, 11) is 0. The van der Waals surface area contributed by atoms with Crippen molar-refractivity contribution in [1.82, 2.24) is 10.3 Å².